The highest BCUT2D eigenvalue weighted by Gasteiger charge is 2.21. The smallest absolute Gasteiger partial charge is 0.235 e. The topological polar surface area (TPSA) is 56.2 Å². The molecule has 0 saturated carbocycles. The molecule has 0 aliphatic rings. The van der Waals surface area contributed by atoms with Crippen LogP contribution in [0.15, 0.2) is 57.4 Å². The molecular formula is C18H11BrN4OS. The summed E-state index contributed by atoms with van der Waals surface area (Å²) in [6.07, 6.45) is 0. The van der Waals surface area contributed by atoms with Crippen LogP contribution in [0.1, 0.15) is 5.56 Å². The fourth-order valence-corrected chi connectivity index (χ4v) is 4.37. The summed E-state index contributed by atoms with van der Waals surface area (Å²) in [5, 5.41) is 15.2. The molecule has 0 aliphatic carbocycles. The molecule has 0 radical (unpaired) electrons. The van der Waals surface area contributed by atoms with Crippen LogP contribution in [0, 0.1) is 6.92 Å². The lowest BCUT2D eigenvalue weighted by molar-refractivity contribution is 0.619. The van der Waals surface area contributed by atoms with E-state index in [0.717, 1.165) is 36.5 Å². The van der Waals surface area contributed by atoms with Gasteiger partial charge in [-0.3, -0.25) is 0 Å². The molecule has 0 atom stereocenters. The molecule has 25 heavy (non-hydrogen) atoms. The highest BCUT2D eigenvalue weighted by atomic mass is 79.9. The first-order valence-electron chi connectivity index (χ1n) is 7.68. The minimum Gasteiger partial charge on any atom is -0.452 e. The lowest BCUT2D eigenvalue weighted by atomic mass is 10.1. The number of aromatic nitrogens is 4. The second-order valence-electron chi connectivity index (χ2n) is 5.66. The summed E-state index contributed by atoms with van der Waals surface area (Å²) < 4.78 is 8.78. The Balaban J connectivity index is 1.72. The van der Waals surface area contributed by atoms with Crippen molar-refractivity contribution in [3.05, 3.63) is 58.6 Å². The average molecular weight is 411 g/mol. The van der Waals surface area contributed by atoms with Gasteiger partial charge in [0.15, 0.2) is 5.76 Å². The molecule has 3 heterocycles. The van der Waals surface area contributed by atoms with E-state index in [9.17, 15) is 0 Å². The predicted molar refractivity (Wildman–Crippen MR) is 102 cm³/mol. The Morgan fingerprint density at radius 1 is 1.04 bits per heavy atom. The normalized spacial score (nSPS) is 11.6. The van der Waals surface area contributed by atoms with Crippen molar-refractivity contribution in [2.75, 3.05) is 0 Å². The first kappa shape index (κ1) is 14.8. The Morgan fingerprint density at radius 3 is 2.68 bits per heavy atom. The van der Waals surface area contributed by atoms with Crippen LogP contribution >= 0.6 is 27.3 Å². The van der Waals surface area contributed by atoms with Gasteiger partial charge in [0, 0.05) is 21.0 Å². The molecule has 0 N–H and O–H groups in total. The van der Waals surface area contributed by atoms with E-state index < -0.39 is 0 Å². The molecule has 2 aromatic carbocycles. The number of hydrogen-bond acceptors (Lipinski definition) is 5. The summed E-state index contributed by atoms with van der Waals surface area (Å²) in [6, 6.07) is 16.0. The lowest BCUT2D eigenvalue weighted by Crippen LogP contribution is -1.91. The van der Waals surface area contributed by atoms with Gasteiger partial charge in [-0.05, 0) is 19.1 Å². The van der Waals surface area contributed by atoms with Gasteiger partial charge in [-0.1, -0.05) is 63.7 Å². The minimum atomic E-state index is 0.623. The van der Waals surface area contributed by atoms with Crippen molar-refractivity contribution in [3.63, 3.8) is 0 Å². The van der Waals surface area contributed by atoms with E-state index >= 15 is 0 Å². The van der Waals surface area contributed by atoms with Crippen molar-refractivity contribution in [2.45, 2.75) is 6.92 Å². The Bertz CT molecular complexity index is 1240. The third-order valence-corrected chi connectivity index (χ3v) is 5.77. The fraction of sp³-hybridized carbons (Fsp3) is 0.0556. The molecule has 5 nitrogen and oxygen atoms in total. The summed E-state index contributed by atoms with van der Waals surface area (Å²) in [6.45, 7) is 2.03. The van der Waals surface area contributed by atoms with Gasteiger partial charge in [-0.15, -0.1) is 10.2 Å². The number of aryl methyl sites for hydroxylation is 1. The van der Waals surface area contributed by atoms with Gasteiger partial charge in [-0.25, -0.2) is 0 Å². The number of halogens is 1. The van der Waals surface area contributed by atoms with Crippen molar-refractivity contribution in [1.29, 1.82) is 0 Å². The van der Waals surface area contributed by atoms with Crippen LogP contribution in [-0.2, 0) is 0 Å². The number of hydrogen-bond donors (Lipinski definition) is 0. The number of fused-ring (bicyclic) bond motifs is 2. The molecule has 7 heteroatoms. The number of para-hydroxylation sites is 1. The Morgan fingerprint density at radius 2 is 1.84 bits per heavy atom. The summed E-state index contributed by atoms with van der Waals surface area (Å²) in [7, 11) is 0. The van der Waals surface area contributed by atoms with E-state index in [2.05, 4.69) is 26.1 Å². The van der Waals surface area contributed by atoms with Crippen LogP contribution in [0.3, 0.4) is 0 Å². The summed E-state index contributed by atoms with van der Waals surface area (Å²) in [5.74, 6) is 1.33. The van der Waals surface area contributed by atoms with Gasteiger partial charge in [0.2, 0.25) is 10.8 Å². The number of rotatable bonds is 2. The third-order valence-electron chi connectivity index (χ3n) is 4.14. The SMILES string of the molecule is Cc1c(-c2nnc3sc(-c4ccccc4Br)nn23)oc2ccccc12. The van der Waals surface area contributed by atoms with Gasteiger partial charge in [-0.2, -0.15) is 9.61 Å². The van der Waals surface area contributed by atoms with Crippen LogP contribution in [0.2, 0.25) is 0 Å². The van der Waals surface area contributed by atoms with Crippen LogP contribution in [0.4, 0.5) is 0 Å². The maximum atomic E-state index is 6.02. The van der Waals surface area contributed by atoms with Crippen molar-refractivity contribution in [1.82, 2.24) is 19.8 Å². The molecular weight excluding hydrogens is 400 g/mol. The standard InChI is InChI=1S/C18H11BrN4OS/c1-10-11-6-3-5-9-14(11)24-15(10)16-20-21-18-23(16)22-17(25-18)12-7-2-4-8-13(12)19/h2-9H,1H3. The first-order valence-corrected chi connectivity index (χ1v) is 9.29. The van der Waals surface area contributed by atoms with Gasteiger partial charge in [0.05, 0.1) is 0 Å². The van der Waals surface area contributed by atoms with Crippen LogP contribution in [-0.4, -0.2) is 19.8 Å². The average Bonchev–Trinajstić information content (AvgIpc) is 3.29. The zero-order valence-corrected chi connectivity index (χ0v) is 15.5. The predicted octanol–water partition coefficient (Wildman–Crippen LogP) is 5.34. The first-order chi connectivity index (χ1) is 12.2. The molecule has 3 aromatic heterocycles. The van der Waals surface area contributed by atoms with Crippen LogP contribution < -0.4 is 0 Å². The van der Waals surface area contributed by atoms with E-state index in [4.69, 9.17) is 9.52 Å². The highest BCUT2D eigenvalue weighted by molar-refractivity contribution is 9.10. The zero-order valence-electron chi connectivity index (χ0n) is 13.1. The maximum Gasteiger partial charge on any atom is 0.235 e. The quantitative estimate of drug-likeness (QED) is 0.394. The van der Waals surface area contributed by atoms with E-state index in [1.165, 1.54) is 11.3 Å². The highest BCUT2D eigenvalue weighted by Crippen LogP contribution is 2.35. The Labute approximate surface area is 155 Å². The van der Waals surface area contributed by atoms with E-state index in [1.54, 1.807) is 4.52 Å². The fourth-order valence-electron chi connectivity index (χ4n) is 2.89. The van der Waals surface area contributed by atoms with E-state index in [1.807, 2.05) is 55.5 Å². The second-order valence-corrected chi connectivity index (χ2v) is 7.47. The molecule has 5 aromatic rings. The molecule has 0 spiro atoms. The van der Waals surface area contributed by atoms with Gasteiger partial charge in [0.25, 0.3) is 0 Å². The van der Waals surface area contributed by atoms with Crippen LogP contribution in [0.25, 0.3) is 38.1 Å². The number of benzene rings is 2. The molecule has 5 rings (SSSR count). The maximum absolute atomic E-state index is 6.02. The Hall–Kier alpha value is -2.51. The number of furan rings is 1. The van der Waals surface area contributed by atoms with Gasteiger partial charge >= 0.3 is 0 Å². The second kappa shape index (κ2) is 5.50. The molecule has 122 valence electrons. The molecule has 0 aliphatic heterocycles. The molecule has 0 fully saturated rings. The van der Waals surface area contributed by atoms with Gasteiger partial charge in [0.1, 0.15) is 10.6 Å². The summed E-state index contributed by atoms with van der Waals surface area (Å²) in [4.78, 5) is 0.737. The van der Waals surface area contributed by atoms with Crippen molar-refractivity contribution >= 4 is 43.2 Å². The van der Waals surface area contributed by atoms with E-state index in [-0.39, 0.29) is 0 Å². The summed E-state index contributed by atoms with van der Waals surface area (Å²) in [5.41, 5.74) is 2.92. The minimum absolute atomic E-state index is 0.623. The van der Waals surface area contributed by atoms with E-state index in [0.29, 0.717) is 11.6 Å². The molecule has 0 saturated heterocycles. The van der Waals surface area contributed by atoms with Crippen molar-refractivity contribution < 1.29 is 4.42 Å². The lowest BCUT2D eigenvalue weighted by Gasteiger charge is -1.98. The third kappa shape index (κ3) is 2.23. The monoisotopic (exact) mass is 410 g/mol. The van der Waals surface area contributed by atoms with Gasteiger partial charge < -0.3 is 4.42 Å². The van der Waals surface area contributed by atoms with Crippen molar-refractivity contribution in [2.24, 2.45) is 0 Å². The zero-order chi connectivity index (χ0) is 17.0. The molecule has 0 bridgehead atoms. The van der Waals surface area contributed by atoms with Crippen molar-refractivity contribution in [3.8, 4) is 22.2 Å². The largest absolute Gasteiger partial charge is 0.452 e. The Kier molecular flexibility index (Phi) is 3.26. The van der Waals surface area contributed by atoms with Crippen LogP contribution in [0.5, 0.6) is 0 Å². The summed E-state index contributed by atoms with van der Waals surface area (Å²) >= 11 is 5.08. The molecule has 0 amide bonds. The number of nitrogens with zero attached hydrogens (tertiary/aromatic N) is 4. The molecule has 0 unspecified atom stereocenters.